The third kappa shape index (κ3) is 4.09. The molecule has 6 heteroatoms. The molecule has 0 saturated carbocycles. The van der Waals surface area contributed by atoms with Crippen molar-refractivity contribution in [2.45, 2.75) is 33.2 Å². The van der Waals surface area contributed by atoms with E-state index < -0.39 is 17.7 Å². The number of hydrogen-bond donors (Lipinski definition) is 2. The molecule has 30 heavy (non-hydrogen) atoms. The first-order valence-corrected chi connectivity index (χ1v) is 10.1. The summed E-state index contributed by atoms with van der Waals surface area (Å²) in [6, 6.07) is 12.0. The third-order valence-electron chi connectivity index (χ3n) is 5.19. The maximum absolute atomic E-state index is 13.0. The lowest BCUT2D eigenvalue weighted by Gasteiger charge is -2.25. The number of ketones is 1. The van der Waals surface area contributed by atoms with E-state index in [1.807, 2.05) is 39.0 Å². The Morgan fingerprint density at radius 3 is 2.60 bits per heavy atom. The standard InChI is InChI=1S/C24H27NO5/c1-4-10-25-21(17-6-5-7-18(14-17)30-12-11-26)20(23(28)24(25)29)22(27)19-13-15(2)8-9-16(19)3/h5-9,13-14,21,26-27H,4,10-12H2,1-3H3/b22-20+. The second-order valence-electron chi connectivity index (χ2n) is 7.46. The van der Waals surface area contributed by atoms with Gasteiger partial charge in [0.1, 0.15) is 18.1 Å². The van der Waals surface area contributed by atoms with Crippen molar-refractivity contribution in [2.24, 2.45) is 0 Å². The lowest BCUT2D eigenvalue weighted by molar-refractivity contribution is -0.139. The Labute approximate surface area is 176 Å². The van der Waals surface area contributed by atoms with Crippen molar-refractivity contribution in [1.29, 1.82) is 0 Å². The Balaban J connectivity index is 2.18. The summed E-state index contributed by atoms with van der Waals surface area (Å²) in [5.41, 5.74) is 3.06. The predicted molar refractivity (Wildman–Crippen MR) is 114 cm³/mol. The molecule has 1 atom stereocenters. The summed E-state index contributed by atoms with van der Waals surface area (Å²) in [5, 5.41) is 20.2. The lowest BCUT2D eigenvalue weighted by Crippen LogP contribution is -2.30. The highest BCUT2D eigenvalue weighted by molar-refractivity contribution is 6.46. The van der Waals surface area contributed by atoms with Crippen molar-refractivity contribution in [2.75, 3.05) is 19.8 Å². The van der Waals surface area contributed by atoms with Crippen LogP contribution in [-0.2, 0) is 9.59 Å². The molecular formula is C24H27NO5. The van der Waals surface area contributed by atoms with E-state index in [4.69, 9.17) is 9.84 Å². The van der Waals surface area contributed by atoms with Gasteiger partial charge in [-0.05, 0) is 49.6 Å². The van der Waals surface area contributed by atoms with Crippen LogP contribution < -0.4 is 4.74 Å². The van der Waals surface area contributed by atoms with Crippen molar-refractivity contribution in [1.82, 2.24) is 4.90 Å². The van der Waals surface area contributed by atoms with Gasteiger partial charge in [0.25, 0.3) is 11.7 Å². The summed E-state index contributed by atoms with van der Waals surface area (Å²) < 4.78 is 5.50. The minimum Gasteiger partial charge on any atom is -0.507 e. The van der Waals surface area contributed by atoms with E-state index in [-0.39, 0.29) is 24.5 Å². The van der Waals surface area contributed by atoms with Crippen LogP contribution in [0.15, 0.2) is 48.0 Å². The monoisotopic (exact) mass is 409 g/mol. The predicted octanol–water partition coefficient (Wildman–Crippen LogP) is 3.51. The van der Waals surface area contributed by atoms with Gasteiger partial charge in [-0.1, -0.05) is 36.8 Å². The van der Waals surface area contributed by atoms with Gasteiger partial charge in [0.05, 0.1) is 18.2 Å². The number of amides is 1. The second kappa shape index (κ2) is 9.13. The maximum atomic E-state index is 13.0. The number of likely N-dealkylation sites (tertiary alicyclic amines) is 1. The number of hydrogen-bond acceptors (Lipinski definition) is 5. The fraction of sp³-hybridized carbons (Fsp3) is 0.333. The van der Waals surface area contributed by atoms with Crippen LogP contribution in [0.4, 0.5) is 0 Å². The molecule has 3 rings (SSSR count). The van der Waals surface area contributed by atoms with Gasteiger partial charge in [-0.2, -0.15) is 0 Å². The van der Waals surface area contributed by atoms with E-state index in [2.05, 4.69) is 0 Å². The van der Waals surface area contributed by atoms with Crippen molar-refractivity contribution >= 4 is 17.4 Å². The van der Waals surface area contributed by atoms with Crippen LogP contribution in [0.3, 0.4) is 0 Å². The fourth-order valence-corrected chi connectivity index (χ4v) is 3.77. The van der Waals surface area contributed by atoms with Gasteiger partial charge in [-0.3, -0.25) is 9.59 Å². The summed E-state index contributed by atoms with van der Waals surface area (Å²) in [5.74, 6) is -0.945. The SMILES string of the molecule is CCCN1C(=O)C(=O)/C(=C(/O)c2cc(C)ccc2C)C1c1cccc(OCCO)c1. The Hall–Kier alpha value is -3.12. The lowest BCUT2D eigenvalue weighted by atomic mass is 9.93. The number of aliphatic hydroxyl groups excluding tert-OH is 2. The zero-order chi connectivity index (χ0) is 21.8. The highest BCUT2D eigenvalue weighted by Crippen LogP contribution is 2.40. The van der Waals surface area contributed by atoms with Gasteiger partial charge in [0.2, 0.25) is 0 Å². The second-order valence-corrected chi connectivity index (χ2v) is 7.46. The van der Waals surface area contributed by atoms with E-state index in [9.17, 15) is 14.7 Å². The molecule has 2 aromatic rings. The molecule has 0 aromatic heterocycles. The number of ether oxygens (including phenoxy) is 1. The van der Waals surface area contributed by atoms with Crippen molar-refractivity contribution in [3.05, 3.63) is 70.3 Å². The van der Waals surface area contributed by atoms with Gasteiger partial charge >= 0.3 is 0 Å². The first kappa shape index (κ1) is 21.6. The Morgan fingerprint density at radius 2 is 1.90 bits per heavy atom. The summed E-state index contributed by atoms with van der Waals surface area (Å²) in [6.07, 6.45) is 0.674. The molecule has 158 valence electrons. The molecule has 2 N–H and O–H groups in total. The molecule has 0 spiro atoms. The molecule has 2 aromatic carbocycles. The minimum atomic E-state index is -0.706. The smallest absolute Gasteiger partial charge is 0.295 e. The molecule has 0 bridgehead atoms. The minimum absolute atomic E-state index is 0.0847. The van der Waals surface area contributed by atoms with E-state index in [1.165, 1.54) is 4.90 Å². The molecule has 0 radical (unpaired) electrons. The van der Waals surface area contributed by atoms with E-state index >= 15 is 0 Å². The first-order valence-electron chi connectivity index (χ1n) is 10.1. The van der Waals surface area contributed by atoms with Crippen molar-refractivity contribution in [3.63, 3.8) is 0 Å². The zero-order valence-electron chi connectivity index (χ0n) is 17.5. The summed E-state index contributed by atoms with van der Waals surface area (Å²) in [6.45, 7) is 6.11. The number of Topliss-reactive ketones (excluding diaryl/α,β-unsaturated/α-hetero) is 1. The van der Waals surface area contributed by atoms with Crippen molar-refractivity contribution < 1.29 is 24.5 Å². The van der Waals surface area contributed by atoms with Crippen LogP contribution in [0.1, 0.15) is 41.6 Å². The first-order chi connectivity index (χ1) is 14.4. The van der Waals surface area contributed by atoms with E-state index in [0.717, 1.165) is 11.1 Å². The quantitative estimate of drug-likeness (QED) is 0.415. The Morgan fingerprint density at radius 1 is 1.13 bits per heavy atom. The molecule has 1 fully saturated rings. The Bertz CT molecular complexity index is 995. The van der Waals surface area contributed by atoms with Crippen LogP contribution in [0.2, 0.25) is 0 Å². The average molecular weight is 409 g/mol. The van der Waals surface area contributed by atoms with E-state index in [0.29, 0.717) is 29.8 Å². The highest BCUT2D eigenvalue weighted by Gasteiger charge is 2.45. The van der Waals surface area contributed by atoms with Gasteiger partial charge in [-0.15, -0.1) is 0 Å². The van der Waals surface area contributed by atoms with Gasteiger partial charge in [-0.25, -0.2) is 0 Å². The van der Waals surface area contributed by atoms with Crippen LogP contribution in [-0.4, -0.2) is 46.6 Å². The summed E-state index contributed by atoms with van der Waals surface area (Å²) in [4.78, 5) is 27.3. The molecule has 1 unspecified atom stereocenters. The normalized spacial score (nSPS) is 18.1. The van der Waals surface area contributed by atoms with Crippen LogP contribution in [0.5, 0.6) is 5.75 Å². The molecule has 1 aliphatic rings. The van der Waals surface area contributed by atoms with Crippen LogP contribution in [0.25, 0.3) is 5.76 Å². The molecule has 1 heterocycles. The number of aryl methyl sites for hydroxylation is 2. The van der Waals surface area contributed by atoms with Crippen molar-refractivity contribution in [3.8, 4) is 5.75 Å². The largest absolute Gasteiger partial charge is 0.507 e. The number of aliphatic hydroxyl groups is 2. The number of carbonyl (C=O) groups excluding carboxylic acids is 2. The number of carbonyl (C=O) groups is 2. The molecule has 1 saturated heterocycles. The highest BCUT2D eigenvalue weighted by atomic mass is 16.5. The molecule has 1 amide bonds. The van der Waals surface area contributed by atoms with Gasteiger partial charge < -0.3 is 19.8 Å². The van der Waals surface area contributed by atoms with E-state index in [1.54, 1.807) is 24.3 Å². The van der Waals surface area contributed by atoms with Crippen LogP contribution in [0, 0.1) is 13.8 Å². The molecule has 0 aliphatic carbocycles. The number of benzene rings is 2. The molecule has 1 aliphatic heterocycles. The van der Waals surface area contributed by atoms with Gasteiger partial charge in [0, 0.05) is 12.1 Å². The Kier molecular flexibility index (Phi) is 6.57. The van der Waals surface area contributed by atoms with Crippen LogP contribution >= 0.6 is 0 Å². The average Bonchev–Trinajstić information content (AvgIpc) is 2.99. The third-order valence-corrected chi connectivity index (χ3v) is 5.19. The summed E-state index contributed by atoms with van der Waals surface area (Å²) >= 11 is 0. The number of nitrogens with zero attached hydrogens (tertiary/aromatic N) is 1. The number of rotatable bonds is 7. The molecule has 6 nitrogen and oxygen atoms in total. The fourth-order valence-electron chi connectivity index (χ4n) is 3.77. The molecular weight excluding hydrogens is 382 g/mol. The topological polar surface area (TPSA) is 87.1 Å². The summed E-state index contributed by atoms with van der Waals surface area (Å²) in [7, 11) is 0. The maximum Gasteiger partial charge on any atom is 0.295 e. The van der Waals surface area contributed by atoms with Gasteiger partial charge in [0.15, 0.2) is 0 Å². The zero-order valence-corrected chi connectivity index (χ0v) is 17.5.